The summed E-state index contributed by atoms with van der Waals surface area (Å²) in [5, 5.41) is 18.9. The van der Waals surface area contributed by atoms with Gasteiger partial charge in [0.1, 0.15) is 0 Å². The molecule has 0 saturated carbocycles. The zero-order chi connectivity index (χ0) is 13.2. The van der Waals surface area contributed by atoms with Crippen LogP contribution >= 0.6 is 0 Å². The first kappa shape index (κ1) is 14.6. The van der Waals surface area contributed by atoms with Crippen molar-refractivity contribution in [1.82, 2.24) is 0 Å². The Kier molecular flexibility index (Phi) is 7.00. The van der Waals surface area contributed by atoms with Gasteiger partial charge in [-0.05, 0) is 18.9 Å². The first-order valence-corrected chi connectivity index (χ1v) is 6.93. The van der Waals surface area contributed by atoms with E-state index in [1.165, 1.54) is 44.6 Å². The van der Waals surface area contributed by atoms with Gasteiger partial charge in [-0.3, -0.25) is 0 Å². The quantitative estimate of drug-likeness (QED) is 0.509. The molecular formula is C16H24O2. The highest BCUT2D eigenvalue weighted by atomic mass is 16.3. The Morgan fingerprint density at radius 3 is 2.50 bits per heavy atom. The van der Waals surface area contributed by atoms with E-state index < -0.39 is 0 Å². The van der Waals surface area contributed by atoms with Crippen LogP contribution in [0, 0.1) is 0 Å². The maximum Gasteiger partial charge on any atom is 0.164 e. The van der Waals surface area contributed by atoms with Crippen LogP contribution in [-0.2, 0) is 0 Å². The third-order valence-corrected chi connectivity index (χ3v) is 3.07. The summed E-state index contributed by atoms with van der Waals surface area (Å²) in [6.07, 6.45) is 12.7. The minimum atomic E-state index is -0.0586. The third-order valence-electron chi connectivity index (χ3n) is 3.07. The number of allylic oxidation sites excluding steroid dienone is 1. The lowest BCUT2D eigenvalue weighted by molar-refractivity contribution is 0.403. The molecule has 0 aliphatic heterocycles. The molecule has 0 spiro atoms. The lowest BCUT2D eigenvalue weighted by atomic mass is 10.1. The maximum atomic E-state index is 9.60. The molecule has 1 aromatic carbocycles. The van der Waals surface area contributed by atoms with Crippen LogP contribution in [0.1, 0.15) is 57.4 Å². The highest BCUT2D eigenvalue weighted by molar-refractivity contribution is 5.61. The minimum absolute atomic E-state index is 0.0308. The number of phenols is 2. The van der Waals surface area contributed by atoms with E-state index in [-0.39, 0.29) is 11.5 Å². The summed E-state index contributed by atoms with van der Waals surface area (Å²) in [7, 11) is 0. The number of benzene rings is 1. The molecule has 2 N–H and O–H groups in total. The summed E-state index contributed by atoms with van der Waals surface area (Å²) in [6.45, 7) is 2.23. The van der Waals surface area contributed by atoms with Gasteiger partial charge < -0.3 is 10.2 Å². The van der Waals surface area contributed by atoms with Crippen LogP contribution in [0.15, 0.2) is 24.3 Å². The fourth-order valence-electron chi connectivity index (χ4n) is 1.94. The van der Waals surface area contributed by atoms with Crippen molar-refractivity contribution in [2.24, 2.45) is 0 Å². The average molecular weight is 248 g/mol. The molecule has 0 unspecified atom stereocenters. The second-order valence-electron chi connectivity index (χ2n) is 4.67. The lowest BCUT2D eigenvalue weighted by Crippen LogP contribution is -1.78. The second kappa shape index (κ2) is 8.62. The van der Waals surface area contributed by atoms with Gasteiger partial charge in [0.2, 0.25) is 0 Å². The average Bonchev–Trinajstić information content (AvgIpc) is 2.37. The molecule has 0 heterocycles. The van der Waals surface area contributed by atoms with E-state index in [1.54, 1.807) is 12.1 Å². The molecule has 0 saturated heterocycles. The van der Waals surface area contributed by atoms with E-state index in [9.17, 15) is 10.2 Å². The summed E-state index contributed by atoms with van der Waals surface area (Å²) >= 11 is 0. The van der Waals surface area contributed by atoms with Gasteiger partial charge in [0.15, 0.2) is 11.5 Å². The summed E-state index contributed by atoms with van der Waals surface area (Å²) in [5.41, 5.74) is 0.681. The van der Waals surface area contributed by atoms with Gasteiger partial charge >= 0.3 is 0 Å². The van der Waals surface area contributed by atoms with Gasteiger partial charge in [0, 0.05) is 5.56 Å². The first-order valence-electron chi connectivity index (χ1n) is 6.93. The predicted molar refractivity (Wildman–Crippen MR) is 76.8 cm³/mol. The molecule has 1 rings (SSSR count). The van der Waals surface area contributed by atoms with Crippen LogP contribution in [-0.4, -0.2) is 10.2 Å². The molecule has 0 aliphatic carbocycles. The van der Waals surface area contributed by atoms with E-state index in [2.05, 4.69) is 13.0 Å². The smallest absolute Gasteiger partial charge is 0.164 e. The standard InChI is InChI=1S/C16H24O2/c1-2-3-4-5-6-7-8-9-11-14-12-10-13-15(17)16(14)18/h9-13,17-18H,2-8H2,1H3. The van der Waals surface area contributed by atoms with Crippen molar-refractivity contribution < 1.29 is 10.2 Å². The molecule has 18 heavy (non-hydrogen) atoms. The molecular weight excluding hydrogens is 224 g/mol. The number of hydrogen-bond acceptors (Lipinski definition) is 2. The van der Waals surface area contributed by atoms with Crippen LogP contribution in [0.2, 0.25) is 0 Å². The second-order valence-corrected chi connectivity index (χ2v) is 4.67. The normalized spacial score (nSPS) is 11.2. The van der Waals surface area contributed by atoms with Gasteiger partial charge in [-0.1, -0.05) is 63.3 Å². The third kappa shape index (κ3) is 5.26. The summed E-state index contributed by atoms with van der Waals surface area (Å²) in [4.78, 5) is 0. The molecule has 1 aromatic rings. The van der Waals surface area contributed by atoms with E-state index >= 15 is 0 Å². The van der Waals surface area contributed by atoms with Crippen molar-refractivity contribution in [1.29, 1.82) is 0 Å². The van der Waals surface area contributed by atoms with Gasteiger partial charge in [-0.2, -0.15) is 0 Å². The topological polar surface area (TPSA) is 40.5 Å². The van der Waals surface area contributed by atoms with Crippen LogP contribution in [0.4, 0.5) is 0 Å². The molecule has 0 bridgehead atoms. The summed E-state index contributed by atoms with van der Waals surface area (Å²) in [5.74, 6) is -0.0894. The molecule has 0 aliphatic rings. The molecule has 0 radical (unpaired) electrons. The van der Waals surface area contributed by atoms with Crippen LogP contribution in [0.25, 0.3) is 6.08 Å². The van der Waals surface area contributed by atoms with E-state index in [0.29, 0.717) is 5.56 Å². The predicted octanol–water partition coefficient (Wildman–Crippen LogP) is 4.86. The molecule has 2 heteroatoms. The molecule has 2 nitrogen and oxygen atoms in total. The van der Waals surface area contributed by atoms with E-state index in [4.69, 9.17) is 0 Å². The van der Waals surface area contributed by atoms with Crippen LogP contribution < -0.4 is 0 Å². The first-order chi connectivity index (χ1) is 8.75. The zero-order valence-electron chi connectivity index (χ0n) is 11.2. The molecule has 0 aromatic heterocycles. The summed E-state index contributed by atoms with van der Waals surface area (Å²) < 4.78 is 0. The largest absolute Gasteiger partial charge is 0.504 e. The fourth-order valence-corrected chi connectivity index (χ4v) is 1.94. The van der Waals surface area contributed by atoms with Gasteiger partial charge in [0.25, 0.3) is 0 Å². The van der Waals surface area contributed by atoms with Crippen molar-refractivity contribution >= 4 is 6.08 Å². The highest BCUT2D eigenvalue weighted by Crippen LogP contribution is 2.29. The molecule has 100 valence electrons. The minimum Gasteiger partial charge on any atom is -0.504 e. The van der Waals surface area contributed by atoms with E-state index in [0.717, 1.165) is 6.42 Å². The van der Waals surface area contributed by atoms with Gasteiger partial charge in [-0.15, -0.1) is 0 Å². The van der Waals surface area contributed by atoms with Crippen LogP contribution in [0.3, 0.4) is 0 Å². The number of aromatic hydroxyl groups is 2. The SMILES string of the molecule is CCCCCCCCC=Cc1cccc(O)c1O. The maximum absolute atomic E-state index is 9.60. The summed E-state index contributed by atoms with van der Waals surface area (Å²) in [6, 6.07) is 5.02. The number of unbranched alkanes of at least 4 members (excludes halogenated alkanes) is 6. The van der Waals surface area contributed by atoms with Crippen molar-refractivity contribution in [2.45, 2.75) is 51.9 Å². The Morgan fingerprint density at radius 2 is 1.72 bits per heavy atom. The Bertz CT molecular complexity index is 369. The molecule has 0 atom stereocenters. The van der Waals surface area contributed by atoms with E-state index in [1.807, 2.05) is 6.08 Å². The van der Waals surface area contributed by atoms with Gasteiger partial charge in [0.05, 0.1) is 0 Å². The zero-order valence-corrected chi connectivity index (χ0v) is 11.2. The van der Waals surface area contributed by atoms with Crippen molar-refractivity contribution in [3.8, 4) is 11.5 Å². The Labute approximate surface area is 110 Å². The lowest BCUT2D eigenvalue weighted by Gasteiger charge is -2.01. The fraction of sp³-hybridized carbons (Fsp3) is 0.500. The number of rotatable bonds is 8. The molecule has 0 amide bonds. The number of hydrogen-bond donors (Lipinski definition) is 2. The van der Waals surface area contributed by atoms with Crippen molar-refractivity contribution in [3.63, 3.8) is 0 Å². The van der Waals surface area contributed by atoms with Crippen molar-refractivity contribution in [2.75, 3.05) is 0 Å². The van der Waals surface area contributed by atoms with Crippen LogP contribution in [0.5, 0.6) is 11.5 Å². The van der Waals surface area contributed by atoms with Crippen molar-refractivity contribution in [3.05, 3.63) is 29.8 Å². The Balaban J connectivity index is 2.22. The highest BCUT2D eigenvalue weighted by Gasteiger charge is 2.01. The molecule has 0 fully saturated rings. The Morgan fingerprint density at radius 1 is 1.00 bits per heavy atom. The Hall–Kier alpha value is -1.44. The van der Waals surface area contributed by atoms with Gasteiger partial charge in [-0.25, -0.2) is 0 Å². The monoisotopic (exact) mass is 248 g/mol. The number of para-hydroxylation sites is 1. The number of phenolic OH excluding ortho intramolecular Hbond substituents is 2.